The summed E-state index contributed by atoms with van der Waals surface area (Å²) in [7, 11) is 0. The fourth-order valence-corrected chi connectivity index (χ4v) is 6.14. The number of hydrogen-bond acceptors (Lipinski definition) is 4. The summed E-state index contributed by atoms with van der Waals surface area (Å²) < 4.78 is 41.8. The maximum absolute atomic E-state index is 14.1. The second-order valence-electron chi connectivity index (χ2n) is 9.39. The molecule has 1 saturated heterocycles. The van der Waals surface area contributed by atoms with E-state index in [4.69, 9.17) is 0 Å². The van der Waals surface area contributed by atoms with Crippen molar-refractivity contribution in [1.82, 2.24) is 15.2 Å². The zero-order valence-corrected chi connectivity index (χ0v) is 17.9. The lowest BCUT2D eigenvalue weighted by Crippen LogP contribution is -2.52. The van der Waals surface area contributed by atoms with Gasteiger partial charge in [-0.1, -0.05) is 12.1 Å². The number of alkyl halides is 2. The van der Waals surface area contributed by atoms with Gasteiger partial charge >= 0.3 is 6.03 Å². The van der Waals surface area contributed by atoms with E-state index < -0.39 is 17.5 Å². The van der Waals surface area contributed by atoms with E-state index in [1.807, 2.05) is 6.07 Å². The van der Waals surface area contributed by atoms with Gasteiger partial charge in [-0.05, 0) is 54.5 Å². The van der Waals surface area contributed by atoms with Crippen molar-refractivity contribution < 1.29 is 22.8 Å². The van der Waals surface area contributed by atoms with Crippen LogP contribution in [0.15, 0.2) is 42.6 Å². The normalized spacial score (nSPS) is 30.2. The van der Waals surface area contributed by atoms with Crippen LogP contribution < -0.4 is 10.6 Å². The van der Waals surface area contributed by atoms with Crippen LogP contribution in [0.4, 0.5) is 23.8 Å². The largest absolute Gasteiger partial charge is 0.370 e. The Balaban J connectivity index is 1.36. The smallest absolute Gasteiger partial charge is 0.324 e. The van der Waals surface area contributed by atoms with Gasteiger partial charge in [-0.25, -0.2) is 22.9 Å². The van der Waals surface area contributed by atoms with E-state index in [1.54, 1.807) is 24.4 Å². The fraction of sp³-hybridized carbons (Fsp3) is 0.458. The molecule has 2 aliphatic carbocycles. The summed E-state index contributed by atoms with van der Waals surface area (Å²) >= 11 is 0. The molecule has 3 amide bonds. The average Bonchev–Trinajstić information content (AvgIpc) is 3.26. The first-order valence-corrected chi connectivity index (χ1v) is 11.2. The summed E-state index contributed by atoms with van der Waals surface area (Å²) in [6.45, 7) is 0.666. The topological polar surface area (TPSA) is 74.3 Å². The number of urea groups is 1. The van der Waals surface area contributed by atoms with Crippen LogP contribution in [-0.2, 0) is 4.79 Å². The van der Waals surface area contributed by atoms with Gasteiger partial charge in [-0.15, -0.1) is 0 Å². The van der Waals surface area contributed by atoms with Crippen molar-refractivity contribution in [2.24, 2.45) is 17.8 Å². The van der Waals surface area contributed by atoms with E-state index in [0.29, 0.717) is 37.2 Å². The van der Waals surface area contributed by atoms with Gasteiger partial charge in [0.2, 0.25) is 12.3 Å². The van der Waals surface area contributed by atoms with Gasteiger partial charge in [0.05, 0.1) is 5.54 Å². The number of pyridine rings is 1. The molecule has 1 aromatic heterocycles. The zero-order valence-electron chi connectivity index (χ0n) is 17.9. The molecule has 9 heteroatoms. The number of hydrogen-bond donors (Lipinski definition) is 2. The summed E-state index contributed by atoms with van der Waals surface area (Å²) in [5.41, 5.74) is 0.667. The first-order chi connectivity index (χ1) is 15.8. The molecule has 4 atom stereocenters. The SMILES string of the molecule is O=CN1C(=O)NCC12C[C@@H]1CC(F)(F)CC[C@H]1[C@@H]2CNc1ccc(-c2cccc(F)c2)cn1. The number of rotatable bonds is 5. The van der Waals surface area contributed by atoms with Gasteiger partial charge in [-0.2, -0.15) is 0 Å². The highest BCUT2D eigenvalue weighted by atomic mass is 19.3. The van der Waals surface area contributed by atoms with E-state index in [9.17, 15) is 22.8 Å². The van der Waals surface area contributed by atoms with Crippen LogP contribution in [0.1, 0.15) is 25.7 Å². The average molecular weight is 458 g/mol. The summed E-state index contributed by atoms with van der Waals surface area (Å²) in [4.78, 5) is 29.7. The Bertz CT molecular complexity index is 1060. The molecule has 1 spiro atoms. The Kier molecular flexibility index (Phi) is 5.29. The summed E-state index contributed by atoms with van der Waals surface area (Å²) in [6, 6.07) is 9.38. The predicted molar refractivity (Wildman–Crippen MR) is 116 cm³/mol. The number of carbonyl (C=O) groups is 2. The van der Waals surface area contributed by atoms with Crippen LogP contribution >= 0.6 is 0 Å². The molecule has 0 bridgehead atoms. The van der Waals surface area contributed by atoms with Crippen molar-refractivity contribution >= 4 is 18.3 Å². The second kappa shape index (κ2) is 8.04. The first kappa shape index (κ1) is 21.7. The molecule has 2 aromatic rings. The number of aromatic nitrogens is 1. The molecule has 1 aliphatic heterocycles. The summed E-state index contributed by atoms with van der Waals surface area (Å²) in [5.74, 6) is -2.88. The number of halogens is 3. The molecule has 3 aliphatic rings. The third-order valence-corrected chi connectivity index (χ3v) is 7.61. The molecule has 1 unspecified atom stereocenters. The molecular formula is C24H25F3N4O2. The van der Waals surface area contributed by atoms with Gasteiger partial charge in [0.15, 0.2) is 0 Å². The van der Waals surface area contributed by atoms with E-state index in [0.717, 1.165) is 5.56 Å². The van der Waals surface area contributed by atoms with E-state index >= 15 is 0 Å². The van der Waals surface area contributed by atoms with Gasteiger partial charge in [0, 0.05) is 43.6 Å². The van der Waals surface area contributed by atoms with Crippen molar-refractivity contribution in [1.29, 1.82) is 0 Å². The first-order valence-electron chi connectivity index (χ1n) is 11.2. The number of nitrogens with zero attached hydrogens (tertiary/aromatic N) is 2. The van der Waals surface area contributed by atoms with E-state index in [2.05, 4.69) is 15.6 Å². The van der Waals surface area contributed by atoms with Crippen LogP contribution in [-0.4, -0.2) is 46.9 Å². The maximum atomic E-state index is 14.1. The van der Waals surface area contributed by atoms with Crippen molar-refractivity contribution in [2.45, 2.75) is 37.1 Å². The Morgan fingerprint density at radius 2 is 2.06 bits per heavy atom. The summed E-state index contributed by atoms with van der Waals surface area (Å²) in [6.07, 6.45) is 2.52. The Morgan fingerprint density at radius 1 is 1.21 bits per heavy atom. The molecule has 3 fully saturated rings. The molecule has 6 nitrogen and oxygen atoms in total. The number of amides is 3. The number of anilines is 1. The van der Waals surface area contributed by atoms with E-state index in [-0.39, 0.29) is 43.0 Å². The monoisotopic (exact) mass is 458 g/mol. The molecule has 174 valence electrons. The third-order valence-electron chi connectivity index (χ3n) is 7.61. The molecule has 33 heavy (non-hydrogen) atoms. The van der Waals surface area contributed by atoms with Crippen LogP contribution in [0.3, 0.4) is 0 Å². The lowest BCUT2D eigenvalue weighted by atomic mass is 9.75. The predicted octanol–water partition coefficient (Wildman–Crippen LogP) is 4.29. The van der Waals surface area contributed by atoms with Crippen molar-refractivity contribution in [3.8, 4) is 11.1 Å². The molecule has 1 aromatic carbocycles. The second-order valence-corrected chi connectivity index (χ2v) is 9.39. The summed E-state index contributed by atoms with van der Waals surface area (Å²) in [5, 5.41) is 6.02. The minimum absolute atomic E-state index is 0.0150. The number of imide groups is 1. The highest BCUT2D eigenvalue weighted by molar-refractivity contribution is 5.88. The van der Waals surface area contributed by atoms with Crippen molar-refractivity contribution in [3.05, 3.63) is 48.4 Å². The number of benzene rings is 1. The Hall–Kier alpha value is -3.10. The van der Waals surface area contributed by atoms with E-state index in [1.165, 1.54) is 17.0 Å². The number of carbonyl (C=O) groups excluding carboxylic acids is 2. The molecule has 5 rings (SSSR count). The van der Waals surface area contributed by atoms with Crippen molar-refractivity contribution in [3.63, 3.8) is 0 Å². The van der Waals surface area contributed by atoms with Gasteiger partial charge < -0.3 is 10.6 Å². The lowest BCUT2D eigenvalue weighted by Gasteiger charge is -2.38. The molecule has 2 saturated carbocycles. The lowest BCUT2D eigenvalue weighted by molar-refractivity contribution is -0.119. The maximum Gasteiger partial charge on any atom is 0.324 e. The fourth-order valence-electron chi connectivity index (χ4n) is 6.14. The molecule has 2 N–H and O–H groups in total. The highest BCUT2D eigenvalue weighted by Gasteiger charge is 2.62. The van der Waals surface area contributed by atoms with Crippen LogP contribution in [0.25, 0.3) is 11.1 Å². The van der Waals surface area contributed by atoms with Gasteiger partial charge in [0.1, 0.15) is 11.6 Å². The zero-order chi connectivity index (χ0) is 23.2. The molecule has 0 radical (unpaired) electrons. The van der Waals surface area contributed by atoms with Crippen LogP contribution in [0.5, 0.6) is 0 Å². The standard InChI is InChI=1S/C24H25F3N4O2/c25-18-3-1-2-15(8-18)16-4-5-21(28-11-16)29-12-20-19-6-7-24(26,27)10-17(19)9-23(20)13-30-22(33)31(23)14-32/h1-5,8,11,14,17,19-20H,6-7,9-10,12-13H2,(H,28,29)(H,30,33)/t17-,19-,20+,23?/m1/s1. The van der Waals surface area contributed by atoms with Gasteiger partial charge in [0.25, 0.3) is 0 Å². The van der Waals surface area contributed by atoms with Gasteiger partial charge in [-0.3, -0.25) is 9.69 Å². The Morgan fingerprint density at radius 3 is 2.79 bits per heavy atom. The Labute approximate surface area is 189 Å². The van der Waals surface area contributed by atoms with Crippen LogP contribution in [0.2, 0.25) is 0 Å². The molecule has 2 heterocycles. The minimum Gasteiger partial charge on any atom is -0.370 e. The van der Waals surface area contributed by atoms with Crippen molar-refractivity contribution in [2.75, 3.05) is 18.4 Å². The number of nitrogens with one attached hydrogen (secondary N) is 2. The number of fused-ring (bicyclic) bond motifs is 1. The minimum atomic E-state index is -2.71. The quantitative estimate of drug-likeness (QED) is 0.656. The van der Waals surface area contributed by atoms with Crippen LogP contribution in [0, 0.1) is 23.6 Å². The highest BCUT2D eigenvalue weighted by Crippen LogP contribution is 2.56. The molecular weight excluding hydrogens is 433 g/mol. The third kappa shape index (κ3) is 3.83.